The highest BCUT2D eigenvalue weighted by molar-refractivity contribution is 7.09. The van der Waals surface area contributed by atoms with E-state index in [0.717, 1.165) is 5.92 Å². The van der Waals surface area contributed by atoms with Gasteiger partial charge in [-0.25, -0.2) is 0 Å². The first-order chi connectivity index (χ1) is 6.86. The first-order valence-corrected chi connectivity index (χ1v) is 6.52. The first-order valence-electron chi connectivity index (χ1n) is 5.64. The van der Waals surface area contributed by atoms with Gasteiger partial charge in [-0.3, -0.25) is 0 Å². The summed E-state index contributed by atoms with van der Waals surface area (Å²) in [4.78, 5) is 1.52. The van der Waals surface area contributed by atoms with E-state index in [9.17, 15) is 0 Å². The topological polar surface area (TPSA) is 0 Å². The summed E-state index contributed by atoms with van der Waals surface area (Å²) >= 11 is 1.87. The molecule has 2 atom stereocenters. The van der Waals surface area contributed by atoms with E-state index in [1.165, 1.54) is 43.4 Å². The summed E-state index contributed by atoms with van der Waals surface area (Å²) in [7, 11) is 6.04. The number of aryl methyl sites for hydroxylation is 1. The second-order valence-corrected chi connectivity index (χ2v) is 5.36. The largest absolute Gasteiger partial charge is 0.149 e. The van der Waals surface area contributed by atoms with E-state index >= 15 is 0 Å². The minimum Gasteiger partial charge on any atom is -0.149 e. The van der Waals surface area contributed by atoms with Gasteiger partial charge in [-0.2, -0.15) is 0 Å². The number of thiophene rings is 1. The van der Waals surface area contributed by atoms with E-state index in [0.29, 0.717) is 5.82 Å². The second kappa shape index (κ2) is 5.02. The van der Waals surface area contributed by atoms with Crippen LogP contribution in [-0.2, 0) is 6.42 Å². The van der Waals surface area contributed by atoms with Gasteiger partial charge in [0.25, 0.3) is 0 Å². The molecule has 0 bridgehead atoms. The van der Waals surface area contributed by atoms with Crippen molar-refractivity contribution in [2.24, 2.45) is 5.92 Å². The summed E-state index contributed by atoms with van der Waals surface area (Å²) in [6, 6.07) is 4.38. The van der Waals surface area contributed by atoms with E-state index in [4.69, 9.17) is 7.85 Å². The van der Waals surface area contributed by atoms with Crippen LogP contribution in [0.2, 0.25) is 5.82 Å². The van der Waals surface area contributed by atoms with Crippen molar-refractivity contribution in [3.63, 3.8) is 0 Å². The summed E-state index contributed by atoms with van der Waals surface area (Å²) in [6.07, 6.45) is 7.87. The van der Waals surface area contributed by atoms with Crippen LogP contribution in [0.4, 0.5) is 0 Å². The SMILES string of the molecule is [B]C1CCCC1CCCc1cccs1. The fraction of sp³-hybridized carbons (Fsp3) is 0.667. The third-order valence-corrected chi connectivity index (χ3v) is 4.23. The summed E-state index contributed by atoms with van der Waals surface area (Å²) in [5.41, 5.74) is 0. The van der Waals surface area contributed by atoms with Crippen molar-refractivity contribution in [3.8, 4) is 0 Å². The van der Waals surface area contributed by atoms with Gasteiger partial charge in [0.2, 0.25) is 0 Å². The summed E-state index contributed by atoms with van der Waals surface area (Å²) in [5, 5.41) is 2.16. The average Bonchev–Trinajstić information content (AvgIpc) is 2.78. The van der Waals surface area contributed by atoms with Crippen LogP contribution in [0.25, 0.3) is 0 Å². The molecule has 0 aromatic carbocycles. The van der Waals surface area contributed by atoms with Gasteiger partial charge in [-0.05, 0) is 30.2 Å². The maximum atomic E-state index is 6.04. The van der Waals surface area contributed by atoms with Crippen molar-refractivity contribution in [2.75, 3.05) is 0 Å². The molecule has 0 nitrogen and oxygen atoms in total. The van der Waals surface area contributed by atoms with E-state index < -0.39 is 0 Å². The molecular formula is C12H17BS. The summed E-state index contributed by atoms with van der Waals surface area (Å²) in [6.45, 7) is 0. The van der Waals surface area contributed by atoms with Crippen LogP contribution in [0.3, 0.4) is 0 Å². The maximum absolute atomic E-state index is 6.04. The Morgan fingerprint density at radius 2 is 2.36 bits per heavy atom. The lowest BCUT2D eigenvalue weighted by Crippen LogP contribution is -2.02. The Bertz CT molecular complexity index is 255. The normalized spacial score (nSPS) is 26.9. The quantitative estimate of drug-likeness (QED) is 0.654. The molecule has 14 heavy (non-hydrogen) atoms. The van der Waals surface area contributed by atoms with Crippen LogP contribution in [0.1, 0.15) is 37.0 Å². The van der Waals surface area contributed by atoms with Crippen molar-refractivity contribution in [3.05, 3.63) is 22.4 Å². The fourth-order valence-electron chi connectivity index (χ4n) is 2.42. The molecule has 0 N–H and O–H groups in total. The average molecular weight is 204 g/mol. The minimum absolute atomic E-state index is 0.498. The molecule has 1 aromatic rings. The summed E-state index contributed by atoms with van der Waals surface area (Å²) < 4.78 is 0. The van der Waals surface area contributed by atoms with Crippen LogP contribution in [-0.4, -0.2) is 7.85 Å². The maximum Gasteiger partial charge on any atom is 0.0703 e. The molecule has 2 radical (unpaired) electrons. The zero-order chi connectivity index (χ0) is 9.80. The predicted octanol–water partition coefficient (Wildman–Crippen LogP) is 3.83. The lowest BCUT2D eigenvalue weighted by molar-refractivity contribution is 0.485. The zero-order valence-corrected chi connectivity index (χ0v) is 9.43. The molecule has 74 valence electrons. The molecule has 1 saturated carbocycles. The van der Waals surface area contributed by atoms with Gasteiger partial charge >= 0.3 is 0 Å². The van der Waals surface area contributed by atoms with Crippen molar-refractivity contribution in [1.82, 2.24) is 0 Å². The Labute approximate surface area is 92.1 Å². The molecule has 1 heterocycles. The third-order valence-electron chi connectivity index (χ3n) is 3.30. The van der Waals surface area contributed by atoms with Crippen molar-refractivity contribution < 1.29 is 0 Å². The Morgan fingerprint density at radius 3 is 3.00 bits per heavy atom. The molecule has 2 rings (SSSR count). The van der Waals surface area contributed by atoms with Gasteiger partial charge in [-0.1, -0.05) is 37.6 Å². The van der Waals surface area contributed by atoms with Gasteiger partial charge in [0, 0.05) is 4.88 Å². The van der Waals surface area contributed by atoms with Crippen molar-refractivity contribution >= 4 is 19.2 Å². The first kappa shape index (κ1) is 10.3. The van der Waals surface area contributed by atoms with E-state index in [1.807, 2.05) is 11.3 Å². The molecule has 1 aromatic heterocycles. The van der Waals surface area contributed by atoms with Crippen LogP contribution >= 0.6 is 11.3 Å². The molecule has 2 heteroatoms. The van der Waals surface area contributed by atoms with Gasteiger partial charge in [0.1, 0.15) is 0 Å². The lowest BCUT2D eigenvalue weighted by Gasteiger charge is -2.14. The monoisotopic (exact) mass is 204 g/mol. The standard InChI is InChI=1S/C12H17BS/c13-12-8-2-5-10(12)4-1-6-11-7-3-9-14-11/h3,7,9-10,12H,1-2,4-6,8H2. The molecule has 1 aliphatic rings. The molecule has 1 fully saturated rings. The summed E-state index contributed by atoms with van der Waals surface area (Å²) in [5.74, 6) is 1.31. The number of hydrogen-bond donors (Lipinski definition) is 0. The van der Waals surface area contributed by atoms with Crippen molar-refractivity contribution in [1.29, 1.82) is 0 Å². The fourth-order valence-corrected chi connectivity index (χ4v) is 3.17. The van der Waals surface area contributed by atoms with Crippen LogP contribution in [0.5, 0.6) is 0 Å². The minimum atomic E-state index is 0.498. The van der Waals surface area contributed by atoms with Crippen LogP contribution < -0.4 is 0 Å². The van der Waals surface area contributed by atoms with Gasteiger partial charge in [0.15, 0.2) is 0 Å². The Morgan fingerprint density at radius 1 is 1.43 bits per heavy atom. The molecule has 0 spiro atoms. The lowest BCUT2D eigenvalue weighted by atomic mass is 9.77. The number of hydrogen-bond acceptors (Lipinski definition) is 1. The zero-order valence-electron chi connectivity index (χ0n) is 8.61. The highest BCUT2D eigenvalue weighted by Crippen LogP contribution is 2.37. The Hall–Kier alpha value is -0.235. The van der Waals surface area contributed by atoms with Crippen LogP contribution in [0, 0.1) is 5.92 Å². The predicted molar refractivity (Wildman–Crippen MR) is 64.1 cm³/mol. The van der Waals surface area contributed by atoms with Gasteiger partial charge < -0.3 is 0 Å². The van der Waals surface area contributed by atoms with Crippen molar-refractivity contribution in [2.45, 2.75) is 44.3 Å². The molecule has 0 amide bonds. The highest BCUT2D eigenvalue weighted by Gasteiger charge is 2.21. The van der Waals surface area contributed by atoms with Crippen LogP contribution in [0.15, 0.2) is 17.5 Å². The highest BCUT2D eigenvalue weighted by atomic mass is 32.1. The molecule has 0 aliphatic heterocycles. The van der Waals surface area contributed by atoms with Gasteiger partial charge in [-0.15, -0.1) is 11.3 Å². The smallest absolute Gasteiger partial charge is 0.0703 e. The van der Waals surface area contributed by atoms with E-state index in [2.05, 4.69) is 17.5 Å². The van der Waals surface area contributed by atoms with E-state index in [1.54, 1.807) is 0 Å². The van der Waals surface area contributed by atoms with Gasteiger partial charge in [0.05, 0.1) is 7.85 Å². The Balaban J connectivity index is 1.68. The molecule has 0 saturated heterocycles. The second-order valence-electron chi connectivity index (χ2n) is 4.33. The number of rotatable bonds is 4. The van der Waals surface area contributed by atoms with E-state index in [-0.39, 0.29) is 0 Å². The molecule has 2 unspecified atom stereocenters. The molecule has 1 aliphatic carbocycles. The Kier molecular flexibility index (Phi) is 3.69. The third kappa shape index (κ3) is 2.63. The molecular weight excluding hydrogens is 187 g/mol.